The lowest BCUT2D eigenvalue weighted by molar-refractivity contribution is 0.0942. The molecule has 0 saturated carbocycles. The van der Waals surface area contributed by atoms with E-state index in [-0.39, 0.29) is 11.9 Å². The molecule has 1 aromatic carbocycles. The summed E-state index contributed by atoms with van der Waals surface area (Å²) in [6.07, 6.45) is 3.75. The summed E-state index contributed by atoms with van der Waals surface area (Å²) in [4.78, 5) is 16.6. The van der Waals surface area contributed by atoms with Crippen LogP contribution < -0.4 is 5.32 Å². The number of imidazole rings is 1. The van der Waals surface area contributed by atoms with Crippen molar-refractivity contribution in [3.8, 4) is 11.3 Å². The van der Waals surface area contributed by atoms with Gasteiger partial charge < -0.3 is 9.72 Å². The van der Waals surface area contributed by atoms with Crippen LogP contribution in [0.4, 0.5) is 0 Å². The number of rotatable bonds is 3. The number of benzene rings is 1. The van der Waals surface area contributed by atoms with Gasteiger partial charge in [-0.2, -0.15) is 0 Å². The van der Waals surface area contributed by atoms with Crippen LogP contribution in [0.3, 0.4) is 0 Å². The fourth-order valence-corrected chi connectivity index (χ4v) is 2.22. The van der Waals surface area contributed by atoms with Crippen molar-refractivity contribution in [3.05, 3.63) is 60.4 Å². The van der Waals surface area contributed by atoms with E-state index in [1.807, 2.05) is 67.0 Å². The fourth-order valence-electron chi connectivity index (χ4n) is 2.22. The smallest absolute Gasteiger partial charge is 0.252 e. The molecular weight excluding hydrogens is 262 g/mol. The van der Waals surface area contributed by atoms with E-state index in [0.29, 0.717) is 5.56 Å². The molecule has 21 heavy (non-hydrogen) atoms. The monoisotopic (exact) mass is 279 g/mol. The molecule has 0 fully saturated rings. The third kappa shape index (κ3) is 2.79. The molecule has 0 aliphatic carbocycles. The molecule has 106 valence electrons. The lowest BCUT2D eigenvalue weighted by Gasteiger charge is -2.08. The van der Waals surface area contributed by atoms with Gasteiger partial charge in [-0.15, -0.1) is 0 Å². The van der Waals surface area contributed by atoms with Crippen LogP contribution in [-0.2, 0) is 0 Å². The summed E-state index contributed by atoms with van der Waals surface area (Å²) >= 11 is 0. The number of carbonyl (C=O) groups excluding carboxylic acids is 1. The number of pyridine rings is 1. The molecule has 0 saturated heterocycles. The zero-order valence-electron chi connectivity index (χ0n) is 12.1. The molecule has 3 aromatic rings. The first-order valence-corrected chi connectivity index (χ1v) is 6.98. The molecule has 3 rings (SSSR count). The Morgan fingerprint density at radius 2 is 1.86 bits per heavy atom. The van der Waals surface area contributed by atoms with Crippen LogP contribution in [0.25, 0.3) is 16.9 Å². The molecule has 1 N–H and O–H groups in total. The zero-order valence-corrected chi connectivity index (χ0v) is 12.1. The molecule has 0 spiro atoms. The normalized spacial score (nSPS) is 11.0. The highest BCUT2D eigenvalue weighted by molar-refractivity contribution is 5.94. The number of hydrogen-bond acceptors (Lipinski definition) is 2. The van der Waals surface area contributed by atoms with Crippen LogP contribution in [0.5, 0.6) is 0 Å². The van der Waals surface area contributed by atoms with E-state index in [1.165, 1.54) is 0 Å². The van der Waals surface area contributed by atoms with Crippen LogP contribution in [-0.4, -0.2) is 21.3 Å². The molecule has 2 aromatic heterocycles. The summed E-state index contributed by atoms with van der Waals surface area (Å²) in [6.45, 7) is 3.89. The first kappa shape index (κ1) is 13.4. The van der Waals surface area contributed by atoms with Crippen molar-refractivity contribution in [2.45, 2.75) is 19.9 Å². The highest BCUT2D eigenvalue weighted by Gasteiger charge is 2.09. The third-order valence-electron chi connectivity index (χ3n) is 3.20. The third-order valence-corrected chi connectivity index (χ3v) is 3.20. The van der Waals surface area contributed by atoms with E-state index in [4.69, 9.17) is 0 Å². The first-order chi connectivity index (χ1) is 10.1. The standard InChI is InChI=1S/C17H17N3O/c1-12(2)18-17(21)14-8-9-16-19-15(11-20(16)10-14)13-6-4-3-5-7-13/h3-12H,1-2H3,(H,18,21). The Bertz CT molecular complexity index is 775. The molecule has 0 atom stereocenters. The highest BCUT2D eigenvalue weighted by atomic mass is 16.1. The quantitative estimate of drug-likeness (QED) is 0.800. The average Bonchev–Trinajstić information content (AvgIpc) is 2.90. The van der Waals surface area contributed by atoms with Crippen LogP contribution in [0.1, 0.15) is 24.2 Å². The SMILES string of the molecule is CC(C)NC(=O)c1ccc2nc(-c3ccccc3)cn2c1. The van der Waals surface area contributed by atoms with Gasteiger partial charge in [-0.3, -0.25) is 4.79 Å². The van der Waals surface area contributed by atoms with Crippen LogP contribution in [0, 0.1) is 0 Å². The second-order valence-corrected chi connectivity index (χ2v) is 5.30. The highest BCUT2D eigenvalue weighted by Crippen LogP contribution is 2.19. The molecule has 0 bridgehead atoms. The Balaban J connectivity index is 1.97. The summed E-state index contributed by atoms with van der Waals surface area (Å²) in [5.74, 6) is -0.0677. The van der Waals surface area contributed by atoms with Crippen molar-refractivity contribution >= 4 is 11.6 Å². The van der Waals surface area contributed by atoms with Gasteiger partial charge in [-0.25, -0.2) is 4.98 Å². The maximum Gasteiger partial charge on any atom is 0.252 e. The summed E-state index contributed by atoms with van der Waals surface area (Å²) in [7, 11) is 0. The van der Waals surface area contributed by atoms with Gasteiger partial charge >= 0.3 is 0 Å². The molecular formula is C17H17N3O. The van der Waals surface area contributed by atoms with Crippen LogP contribution >= 0.6 is 0 Å². The topological polar surface area (TPSA) is 46.4 Å². The Morgan fingerprint density at radius 3 is 2.57 bits per heavy atom. The molecule has 4 nitrogen and oxygen atoms in total. The van der Waals surface area contributed by atoms with Gasteiger partial charge in [0.1, 0.15) is 5.65 Å². The van der Waals surface area contributed by atoms with Gasteiger partial charge in [0.25, 0.3) is 5.91 Å². The van der Waals surface area contributed by atoms with Crippen molar-refractivity contribution in [1.82, 2.24) is 14.7 Å². The van der Waals surface area contributed by atoms with Crippen molar-refractivity contribution < 1.29 is 4.79 Å². The molecule has 0 radical (unpaired) electrons. The van der Waals surface area contributed by atoms with E-state index in [9.17, 15) is 4.79 Å². The fraction of sp³-hybridized carbons (Fsp3) is 0.176. The van der Waals surface area contributed by atoms with Gasteiger partial charge in [-0.05, 0) is 26.0 Å². The van der Waals surface area contributed by atoms with Gasteiger partial charge in [0.15, 0.2) is 0 Å². The first-order valence-electron chi connectivity index (χ1n) is 6.98. The number of carbonyl (C=O) groups is 1. The van der Waals surface area contributed by atoms with E-state index < -0.39 is 0 Å². The summed E-state index contributed by atoms with van der Waals surface area (Å²) in [6, 6.07) is 13.8. The predicted molar refractivity (Wildman–Crippen MR) is 83.2 cm³/mol. The summed E-state index contributed by atoms with van der Waals surface area (Å²) in [5, 5.41) is 2.89. The number of nitrogens with zero attached hydrogens (tertiary/aromatic N) is 2. The van der Waals surface area contributed by atoms with E-state index in [0.717, 1.165) is 16.9 Å². The molecule has 2 heterocycles. The zero-order chi connectivity index (χ0) is 14.8. The largest absolute Gasteiger partial charge is 0.350 e. The number of nitrogens with one attached hydrogen (secondary N) is 1. The maximum absolute atomic E-state index is 12.0. The lowest BCUT2D eigenvalue weighted by atomic mass is 10.2. The van der Waals surface area contributed by atoms with Gasteiger partial charge in [0.2, 0.25) is 0 Å². The molecule has 0 aliphatic rings. The number of amides is 1. The number of hydrogen-bond donors (Lipinski definition) is 1. The Hall–Kier alpha value is -2.62. The van der Waals surface area contributed by atoms with Crippen molar-refractivity contribution in [1.29, 1.82) is 0 Å². The Morgan fingerprint density at radius 1 is 1.10 bits per heavy atom. The van der Waals surface area contributed by atoms with E-state index in [1.54, 1.807) is 6.07 Å². The van der Waals surface area contributed by atoms with Crippen LogP contribution in [0.2, 0.25) is 0 Å². The molecule has 4 heteroatoms. The van der Waals surface area contributed by atoms with Gasteiger partial charge in [0.05, 0.1) is 11.3 Å². The average molecular weight is 279 g/mol. The second-order valence-electron chi connectivity index (χ2n) is 5.30. The predicted octanol–water partition coefficient (Wildman–Crippen LogP) is 3.14. The minimum atomic E-state index is -0.0677. The Kier molecular flexibility index (Phi) is 3.44. The van der Waals surface area contributed by atoms with Gasteiger partial charge in [0, 0.05) is 24.0 Å². The number of aromatic nitrogens is 2. The minimum Gasteiger partial charge on any atom is -0.350 e. The number of fused-ring (bicyclic) bond motifs is 1. The van der Waals surface area contributed by atoms with Gasteiger partial charge in [-0.1, -0.05) is 30.3 Å². The summed E-state index contributed by atoms with van der Waals surface area (Å²) < 4.78 is 1.89. The van der Waals surface area contributed by atoms with Crippen molar-refractivity contribution in [3.63, 3.8) is 0 Å². The van der Waals surface area contributed by atoms with Crippen molar-refractivity contribution in [2.75, 3.05) is 0 Å². The minimum absolute atomic E-state index is 0.0677. The molecule has 1 amide bonds. The maximum atomic E-state index is 12.0. The molecule has 0 unspecified atom stereocenters. The lowest BCUT2D eigenvalue weighted by Crippen LogP contribution is -2.30. The molecule has 0 aliphatic heterocycles. The van der Waals surface area contributed by atoms with E-state index >= 15 is 0 Å². The Labute approximate surface area is 123 Å². The second kappa shape index (κ2) is 5.40. The van der Waals surface area contributed by atoms with Crippen molar-refractivity contribution in [2.24, 2.45) is 0 Å². The van der Waals surface area contributed by atoms with E-state index in [2.05, 4.69) is 10.3 Å². The van der Waals surface area contributed by atoms with Crippen LogP contribution in [0.15, 0.2) is 54.9 Å². The summed E-state index contributed by atoms with van der Waals surface area (Å²) in [5.41, 5.74) is 3.43.